The molecule has 0 unspecified atom stereocenters. The second-order valence-corrected chi connectivity index (χ2v) is 4.63. The van der Waals surface area contributed by atoms with Gasteiger partial charge in [0.1, 0.15) is 4.88 Å². The number of carboxylic acids is 1. The first kappa shape index (κ1) is 12.3. The van der Waals surface area contributed by atoms with Gasteiger partial charge in [0.05, 0.1) is 16.8 Å². The summed E-state index contributed by atoms with van der Waals surface area (Å²) in [5.74, 6) is -1.27. The van der Waals surface area contributed by atoms with Gasteiger partial charge in [0.15, 0.2) is 0 Å². The zero-order valence-corrected chi connectivity index (χ0v) is 10.3. The van der Waals surface area contributed by atoms with Crippen molar-refractivity contribution in [3.05, 3.63) is 46.4 Å². The highest BCUT2D eigenvalue weighted by Gasteiger charge is 2.17. The van der Waals surface area contributed by atoms with E-state index in [2.05, 4.69) is 4.98 Å². The maximum Gasteiger partial charge on any atom is 0.345 e. The van der Waals surface area contributed by atoms with E-state index in [4.69, 9.17) is 5.11 Å². The maximum atomic E-state index is 12.1. The van der Waals surface area contributed by atoms with E-state index in [9.17, 15) is 9.59 Å². The topological polar surface area (TPSA) is 70.5 Å². The standard InChI is InChI=1S/C12H10N2O3S/c1-14(8-3-2-6-13-7-8)11(15)9-4-5-10(18-9)12(16)17/h2-7H,1H3,(H,16,17). The molecule has 0 aliphatic rings. The zero-order chi connectivity index (χ0) is 13.1. The molecule has 1 amide bonds. The third-order valence-electron chi connectivity index (χ3n) is 2.37. The smallest absolute Gasteiger partial charge is 0.345 e. The summed E-state index contributed by atoms with van der Waals surface area (Å²) in [6.07, 6.45) is 3.19. The molecule has 2 aromatic rings. The third-order valence-corrected chi connectivity index (χ3v) is 3.43. The second-order valence-electron chi connectivity index (χ2n) is 3.54. The lowest BCUT2D eigenvalue weighted by Gasteiger charge is -2.15. The normalized spacial score (nSPS) is 10.1. The molecule has 2 aromatic heterocycles. The Morgan fingerprint density at radius 2 is 2.00 bits per heavy atom. The van der Waals surface area contributed by atoms with E-state index < -0.39 is 5.97 Å². The molecule has 2 heterocycles. The summed E-state index contributed by atoms with van der Waals surface area (Å²) < 4.78 is 0. The monoisotopic (exact) mass is 262 g/mol. The minimum Gasteiger partial charge on any atom is -0.477 e. The molecule has 0 saturated heterocycles. The lowest BCUT2D eigenvalue weighted by Crippen LogP contribution is -2.25. The number of hydrogen-bond acceptors (Lipinski definition) is 4. The average Bonchev–Trinajstić information content (AvgIpc) is 2.88. The lowest BCUT2D eigenvalue weighted by molar-refractivity contribution is 0.0702. The van der Waals surface area contributed by atoms with E-state index in [1.807, 2.05) is 0 Å². The third kappa shape index (κ3) is 2.38. The molecule has 0 atom stereocenters. The summed E-state index contributed by atoms with van der Waals surface area (Å²) in [5, 5.41) is 8.81. The van der Waals surface area contributed by atoms with Crippen molar-refractivity contribution < 1.29 is 14.7 Å². The Labute approximate surface area is 107 Å². The van der Waals surface area contributed by atoms with Gasteiger partial charge in [0.25, 0.3) is 5.91 Å². The first-order chi connectivity index (χ1) is 8.59. The van der Waals surface area contributed by atoms with Crippen LogP contribution in [0.5, 0.6) is 0 Å². The van der Waals surface area contributed by atoms with Gasteiger partial charge >= 0.3 is 5.97 Å². The van der Waals surface area contributed by atoms with E-state index in [0.717, 1.165) is 11.3 Å². The van der Waals surface area contributed by atoms with Crippen molar-refractivity contribution in [2.24, 2.45) is 0 Å². The van der Waals surface area contributed by atoms with Gasteiger partial charge in [-0.1, -0.05) is 0 Å². The number of aromatic nitrogens is 1. The van der Waals surface area contributed by atoms with Crippen molar-refractivity contribution in [3.8, 4) is 0 Å². The predicted octanol–water partition coefficient (Wildman–Crippen LogP) is 2.12. The number of pyridine rings is 1. The second kappa shape index (κ2) is 4.97. The highest BCUT2D eigenvalue weighted by Crippen LogP contribution is 2.20. The van der Waals surface area contributed by atoms with Crippen LogP contribution in [0.1, 0.15) is 19.3 Å². The molecule has 0 aliphatic carbocycles. The van der Waals surface area contributed by atoms with E-state index in [-0.39, 0.29) is 10.8 Å². The van der Waals surface area contributed by atoms with Crippen LogP contribution in [0, 0.1) is 0 Å². The number of thiophene rings is 1. The summed E-state index contributed by atoms with van der Waals surface area (Å²) in [4.78, 5) is 28.8. The highest BCUT2D eigenvalue weighted by atomic mass is 32.1. The van der Waals surface area contributed by atoms with E-state index in [0.29, 0.717) is 10.6 Å². The molecular weight excluding hydrogens is 252 g/mol. The van der Waals surface area contributed by atoms with Crippen LogP contribution in [0.2, 0.25) is 0 Å². The molecule has 92 valence electrons. The van der Waals surface area contributed by atoms with Gasteiger partial charge in [-0.2, -0.15) is 0 Å². The number of nitrogens with zero attached hydrogens (tertiary/aromatic N) is 2. The van der Waals surface area contributed by atoms with Crippen LogP contribution < -0.4 is 4.90 Å². The summed E-state index contributed by atoms with van der Waals surface area (Å²) in [6, 6.07) is 6.44. The van der Waals surface area contributed by atoms with Crippen LogP contribution in [-0.4, -0.2) is 29.0 Å². The lowest BCUT2D eigenvalue weighted by atomic mass is 10.3. The van der Waals surface area contributed by atoms with Gasteiger partial charge < -0.3 is 10.0 Å². The Bertz CT molecular complexity index is 580. The number of anilines is 1. The largest absolute Gasteiger partial charge is 0.477 e. The number of amides is 1. The summed E-state index contributed by atoms with van der Waals surface area (Å²) in [5.41, 5.74) is 0.660. The van der Waals surface area contributed by atoms with E-state index >= 15 is 0 Å². The number of rotatable bonds is 3. The van der Waals surface area contributed by atoms with E-state index in [1.165, 1.54) is 17.0 Å². The molecule has 0 spiro atoms. The van der Waals surface area contributed by atoms with Crippen molar-refractivity contribution >= 4 is 28.9 Å². The fourth-order valence-electron chi connectivity index (χ4n) is 1.40. The Kier molecular flexibility index (Phi) is 3.38. The highest BCUT2D eigenvalue weighted by molar-refractivity contribution is 7.16. The molecule has 5 nitrogen and oxygen atoms in total. The number of carboxylic acid groups (broad SMARTS) is 1. The van der Waals surface area contributed by atoms with Crippen molar-refractivity contribution in [3.63, 3.8) is 0 Å². The Balaban J connectivity index is 2.23. The fraction of sp³-hybridized carbons (Fsp3) is 0.0833. The van der Waals surface area contributed by atoms with Crippen molar-refractivity contribution in [2.75, 3.05) is 11.9 Å². The molecule has 6 heteroatoms. The fourth-order valence-corrected chi connectivity index (χ4v) is 2.22. The first-order valence-corrected chi connectivity index (χ1v) is 5.92. The number of carbonyl (C=O) groups excluding carboxylic acids is 1. The van der Waals surface area contributed by atoms with Crippen molar-refractivity contribution in [1.82, 2.24) is 4.98 Å². The SMILES string of the molecule is CN(C(=O)c1ccc(C(=O)O)s1)c1cccnc1. The van der Waals surface area contributed by atoms with Gasteiger partial charge in [-0.3, -0.25) is 9.78 Å². The quantitative estimate of drug-likeness (QED) is 0.919. The van der Waals surface area contributed by atoms with Gasteiger partial charge in [-0.25, -0.2) is 4.79 Å². The molecule has 0 fully saturated rings. The average molecular weight is 262 g/mol. The van der Waals surface area contributed by atoms with Gasteiger partial charge in [-0.15, -0.1) is 11.3 Å². The van der Waals surface area contributed by atoms with Gasteiger partial charge in [0, 0.05) is 13.2 Å². The molecule has 18 heavy (non-hydrogen) atoms. The van der Waals surface area contributed by atoms with Crippen LogP contribution in [-0.2, 0) is 0 Å². The van der Waals surface area contributed by atoms with Crippen LogP contribution in [0.3, 0.4) is 0 Å². The van der Waals surface area contributed by atoms with Crippen molar-refractivity contribution in [1.29, 1.82) is 0 Å². The Morgan fingerprint density at radius 3 is 2.56 bits per heavy atom. The molecule has 0 aromatic carbocycles. The van der Waals surface area contributed by atoms with Gasteiger partial charge in [0.2, 0.25) is 0 Å². The molecule has 1 N–H and O–H groups in total. The van der Waals surface area contributed by atoms with Gasteiger partial charge in [-0.05, 0) is 24.3 Å². The molecule has 0 radical (unpaired) electrons. The Morgan fingerprint density at radius 1 is 1.28 bits per heavy atom. The Hall–Kier alpha value is -2.21. The number of hydrogen-bond donors (Lipinski definition) is 1. The number of aromatic carboxylic acids is 1. The van der Waals surface area contributed by atoms with E-state index in [1.54, 1.807) is 31.6 Å². The molecule has 0 saturated carbocycles. The van der Waals surface area contributed by atoms with Crippen LogP contribution >= 0.6 is 11.3 Å². The minimum absolute atomic E-state index is 0.151. The maximum absolute atomic E-state index is 12.1. The number of carbonyl (C=O) groups is 2. The molecule has 2 rings (SSSR count). The summed E-state index contributed by atoms with van der Waals surface area (Å²) >= 11 is 0.961. The molecular formula is C12H10N2O3S. The molecule has 0 aliphatic heterocycles. The van der Waals surface area contributed by atoms with Crippen LogP contribution in [0.25, 0.3) is 0 Å². The molecule has 0 bridgehead atoms. The van der Waals surface area contributed by atoms with Crippen LogP contribution in [0.4, 0.5) is 5.69 Å². The minimum atomic E-state index is -1.02. The first-order valence-electron chi connectivity index (χ1n) is 5.11. The zero-order valence-electron chi connectivity index (χ0n) is 9.53. The summed E-state index contributed by atoms with van der Waals surface area (Å²) in [7, 11) is 1.62. The summed E-state index contributed by atoms with van der Waals surface area (Å²) in [6.45, 7) is 0. The predicted molar refractivity (Wildman–Crippen MR) is 68.2 cm³/mol. The van der Waals surface area contributed by atoms with Crippen molar-refractivity contribution in [2.45, 2.75) is 0 Å². The van der Waals surface area contributed by atoms with Crippen LogP contribution in [0.15, 0.2) is 36.7 Å².